The van der Waals surface area contributed by atoms with E-state index in [0.717, 1.165) is 17.5 Å². The molecule has 0 N–H and O–H groups in total. The number of ether oxygens (including phenoxy) is 1. The molecule has 0 spiro atoms. The molecule has 1 amide bonds. The third kappa shape index (κ3) is 4.52. The highest BCUT2D eigenvalue weighted by Gasteiger charge is 2.34. The number of nitrogens with zero attached hydrogens (tertiary/aromatic N) is 4. The number of rotatable bonds is 4. The summed E-state index contributed by atoms with van der Waals surface area (Å²) in [6.45, 7) is 0.976. The number of amides is 1. The molecule has 0 aliphatic carbocycles. The van der Waals surface area contributed by atoms with Gasteiger partial charge < -0.3 is 14.5 Å². The molecule has 11 heteroatoms. The molecule has 33 heavy (non-hydrogen) atoms. The minimum Gasteiger partial charge on any atom is -0.497 e. The summed E-state index contributed by atoms with van der Waals surface area (Å²) < 4.78 is 44.0. The first-order valence-electron chi connectivity index (χ1n) is 10.0. The van der Waals surface area contributed by atoms with E-state index in [2.05, 4.69) is 4.98 Å². The molecular formula is C22H19F3N4O4. The van der Waals surface area contributed by atoms with E-state index in [9.17, 15) is 28.1 Å². The molecule has 1 fully saturated rings. The lowest BCUT2D eigenvalue weighted by Gasteiger charge is -2.35. The maximum atomic E-state index is 12.9. The van der Waals surface area contributed by atoms with E-state index in [0.29, 0.717) is 17.3 Å². The summed E-state index contributed by atoms with van der Waals surface area (Å²) in [6.07, 6.45) is -4.67. The van der Waals surface area contributed by atoms with Gasteiger partial charge in [-0.1, -0.05) is 6.07 Å². The van der Waals surface area contributed by atoms with Gasteiger partial charge in [0.25, 0.3) is 11.6 Å². The van der Waals surface area contributed by atoms with E-state index < -0.39 is 22.4 Å². The summed E-state index contributed by atoms with van der Waals surface area (Å²) in [7, 11) is 1.56. The SMILES string of the molecule is COc1ccc2nc(C(=O)N3CCN(c4ccc(C(F)(F)F)cc4[N+](=O)[O-])CC3)ccc2c1. The fourth-order valence-electron chi connectivity index (χ4n) is 3.78. The average Bonchev–Trinajstić information content (AvgIpc) is 2.82. The van der Waals surface area contributed by atoms with Crippen molar-refractivity contribution in [2.45, 2.75) is 6.18 Å². The molecule has 1 aromatic heterocycles. The van der Waals surface area contributed by atoms with Gasteiger partial charge in [-0.3, -0.25) is 14.9 Å². The molecule has 1 saturated heterocycles. The maximum absolute atomic E-state index is 12.9. The summed E-state index contributed by atoms with van der Waals surface area (Å²) in [6, 6.07) is 11.2. The number of nitro benzene ring substituents is 1. The van der Waals surface area contributed by atoms with Crippen molar-refractivity contribution in [2.24, 2.45) is 0 Å². The second kappa shape index (κ2) is 8.57. The number of anilines is 1. The molecule has 2 heterocycles. The Balaban J connectivity index is 1.49. The van der Waals surface area contributed by atoms with Crippen molar-refractivity contribution in [1.82, 2.24) is 9.88 Å². The van der Waals surface area contributed by atoms with Crippen LogP contribution in [0.25, 0.3) is 10.9 Å². The number of nitro groups is 1. The minimum atomic E-state index is -4.67. The molecule has 172 valence electrons. The normalized spacial score (nSPS) is 14.4. The summed E-state index contributed by atoms with van der Waals surface area (Å²) in [5.41, 5.74) is -0.692. The first-order chi connectivity index (χ1) is 15.7. The Bertz CT molecular complexity index is 1220. The average molecular weight is 460 g/mol. The zero-order valence-corrected chi connectivity index (χ0v) is 17.5. The fraction of sp³-hybridized carbons (Fsp3) is 0.273. The van der Waals surface area contributed by atoms with Gasteiger partial charge in [0.2, 0.25) is 0 Å². The van der Waals surface area contributed by atoms with E-state index >= 15 is 0 Å². The lowest BCUT2D eigenvalue weighted by atomic mass is 10.1. The zero-order valence-electron chi connectivity index (χ0n) is 17.5. The second-order valence-electron chi connectivity index (χ2n) is 7.49. The lowest BCUT2D eigenvalue weighted by Crippen LogP contribution is -2.49. The second-order valence-corrected chi connectivity index (χ2v) is 7.49. The molecule has 0 bridgehead atoms. The van der Waals surface area contributed by atoms with Crippen LogP contribution in [0.3, 0.4) is 0 Å². The van der Waals surface area contributed by atoms with Crippen molar-refractivity contribution in [3.05, 3.63) is 69.9 Å². The number of carbonyl (C=O) groups is 1. The van der Waals surface area contributed by atoms with Crippen molar-refractivity contribution in [2.75, 3.05) is 38.2 Å². The number of alkyl halides is 3. The van der Waals surface area contributed by atoms with Crippen LogP contribution in [0.4, 0.5) is 24.5 Å². The highest BCUT2D eigenvalue weighted by molar-refractivity contribution is 5.95. The Morgan fingerprint density at radius 2 is 1.79 bits per heavy atom. The van der Waals surface area contributed by atoms with Crippen LogP contribution in [0.15, 0.2) is 48.5 Å². The molecule has 0 radical (unpaired) electrons. The largest absolute Gasteiger partial charge is 0.497 e. The zero-order chi connectivity index (χ0) is 23.8. The van der Waals surface area contributed by atoms with Crippen molar-refractivity contribution in [3.8, 4) is 5.75 Å². The van der Waals surface area contributed by atoms with Crippen LogP contribution in [0.5, 0.6) is 5.75 Å². The van der Waals surface area contributed by atoms with Crippen LogP contribution in [0.2, 0.25) is 0 Å². The number of methoxy groups -OCH3 is 1. The molecule has 3 aromatic rings. The number of fused-ring (bicyclic) bond motifs is 1. The Hall–Kier alpha value is -3.89. The smallest absolute Gasteiger partial charge is 0.416 e. The van der Waals surface area contributed by atoms with Crippen LogP contribution >= 0.6 is 0 Å². The van der Waals surface area contributed by atoms with Crippen LogP contribution in [-0.2, 0) is 6.18 Å². The van der Waals surface area contributed by atoms with Crippen molar-refractivity contribution >= 4 is 28.2 Å². The topological polar surface area (TPSA) is 88.8 Å². The van der Waals surface area contributed by atoms with Gasteiger partial charge in [0.05, 0.1) is 23.1 Å². The van der Waals surface area contributed by atoms with E-state index in [1.807, 2.05) is 6.07 Å². The number of carbonyl (C=O) groups excluding carboxylic acids is 1. The third-order valence-electron chi connectivity index (χ3n) is 5.52. The molecule has 2 aromatic carbocycles. The molecule has 0 saturated carbocycles. The number of benzene rings is 2. The fourth-order valence-corrected chi connectivity index (χ4v) is 3.78. The maximum Gasteiger partial charge on any atom is 0.416 e. The highest BCUT2D eigenvalue weighted by Crippen LogP contribution is 2.36. The number of hydrogen-bond acceptors (Lipinski definition) is 6. The van der Waals surface area contributed by atoms with Gasteiger partial charge in [-0.05, 0) is 36.4 Å². The Morgan fingerprint density at radius 3 is 2.42 bits per heavy atom. The monoisotopic (exact) mass is 460 g/mol. The van der Waals surface area contributed by atoms with Crippen molar-refractivity contribution in [3.63, 3.8) is 0 Å². The minimum absolute atomic E-state index is 0.0953. The van der Waals surface area contributed by atoms with Gasteiger partial charge >= 0.3 is 6.18 Å². The Kier molecular flexibility index (Phi) is 5.79. The molecule has 0 atom stereocenters. The molecule has 4 rings (SSSR count). The van der Waals surface area contributed by atoms with Crippen molar-refractivity contribution in [1.29, 1.82) is 0 Å². The summed E-state index contributed by atoms with van der Waals surface area (Å²) in [5, 5.41) is 12.2. The third-order valence-corrected chi connectivity index (χ3v) is 5.52. The first-order valence-corrected chi connectivity index (χ1v) is 10.0. The predicted molar refractivity (Wildman–Crippen MR) is 115 cm³/mol. The highest BCUT2D eigenvalue weighted by atomic mass is 19.4. The predicted octanol–water partition coefficient (Wildman–Crippen LogP) is 4.13. The molecule has 1 aliphatic heterocycles. The number of halogens is 3. The van der Waals surface area contributed by atoms with Crippen LogP contribution in [0.1, 0.15) is 16.1 Å². The van der Waals surface area contributed by atoms with Crippen molar-refractivity contribution < 1.29 is 27.6 Å². The number of hydrogen-bond donors (Lipinski definition) is 0. The number of pyridine rings is 1. The van der Waals surface area contributed by atoms with Gasteiger partial charge in [-0.15, -0.1) is 0 Å². The quantitative estimate of drug-likeness (QED) is 0.430. The summed E-state index contributed by atoms with van der Waals surface area (Å²) in [4.78, 5) is 31.1. The number of aromatic nitrogens is 1. The summed E-state index contributed by atoms with van der Waals surface area (Å²) in [5.74, 6) is 0.395. The van der Waals surface area contributed by atoms with Gasteiger partial charge in [0.15, 0.2) is 0 Å². The van der Waals surface area contributed by atoms with E-state index in [1.165, 1.54) is 0 Å². The molecule has 0 unspecified atom stereocenters. The number of piperazine rings is 1. The van der Waals surface area contributed by atoms with E-state index in [1.54, 1.807) is 41.2 Å². The van der Waals surface area contributed by atoms with Crippen LogP contribution in [0, 0.1) is 10.1 Å². The van der Waals surface area contributed by atoms with Gasteiger partial charge in [-0.25, -0.2) is 4.98 Å². The first kappa shape index (κ1) is 22.3. The lowest BCUT2D eigenvalue weighted by molar-refractivity contribution is -0.384. The van der Waals surface area contributed by atoms with Gasteiger partial charge in [-0.2, -0.15) is 13.2 Å². The standard InChI is InChI=1S/C22H19F3N4O4/c1-33-16-4-6-17-14(12-16)2-5-18(26-17)21(30)28-10-8-27(9-11-28)19-7-3-15(22(23,24)25)13-20(19)29(31)32/h2-7,12-13H,8-11H2,1H3. The van der Waals surface area contributed by atoms with Gasteiger partial charge in [0.1, 0.15) is 17.1 Å². The van der Waals surface area contributed by atoms with Crippen LogP contribution in [-0.4, -0.2) is 54.0 Å². The Labute approximate surface area is 186 Å². The van der Waals surface area contributed by atoms with E-state index in [-0.39, 0.29) is 43.5 Å². The summed E-state index contributed by atoms with van der Waals surface area (Å²) >= 11 is 0. The van der Waals surface area contributed by atoms with Crippen LogP contribution < -0.4 is 9.64 Å². The van der Waals surface area contributed by atoms with Gasteiger partial charge in [0, 0.05) is 37.6 Å². The molecule has 8 nitrogen and oxygen atoms in total. The van der Waals surface area contributed by atoms with E-state index in [4.69, 9.17) is 4.74 Å². The molecule has 1 aliphatic rings. The Morgan fingerprint density at radius 1 is 1.06 bits per heavy atom. The molecular weight excluding hydrogens is 441 g/mol.